The number of aromatic nitrogens is 1. The number of oxazole rings is 1. The van der Waals surface area contributed by atoms with Crippen LogP contribution < -0.4 is 15.5 Å². The van der Waals surface area contributed by atoms with Crippen LogP contribution in [0.5, 0.6) is 0 Å². The highest BCUT2D eigenvalue weighted by Crippen LogP contribution is 2.31. The maximum Gasteiger partial charge on any atom is 0.307 e. The maximum absolute atomic E-state index is 13.8. The number of hydrogen-bond acceptors (Lipinski definition) is 7. The minimum absolute atomic E-state index is 0.0319. The van der Waals surface area contributed by atoms with Crippen LogP contribution in [0.3, 0.4) is 0 Å². The molecule has 2 N–H and O–H groups in total. The lowest BCUT2D eigenvalue weighted by atomic mass is 9.84. The molecule has 1 unspecified atom stereocenters. The maximum atomic E-state index is 13.8. The van der Waals surface area contributed by atoms with Crippen molar-refractivity contribution in [2.75, 3.05) is 29.9 Å². The number of anilines is 2. The standard InChI is InChI=1S/C30H36ClFN4O4/c1-2-39-28(37)17-23(18-36-13-12-20-15-22(32)9-11-26(20)36)33-29(38)25(14-19-6-4-3-5-7-19)35-30-34-24-10-8-21(31)16-27(24)40-30/h8-11,15-16,19,23,25H,2-7,12-14,17-18H2,1H3,(H,33,38)(H,34,35)/t23?,25-/m0/s1. The Balaban J connectivity index is 1.34. The van der Waals surface area contributed by atoms with E-state index in [1.165, 1.54) is 12.5 Å². The van der Waals surface area contributed by atoms with Crippen LogP contribution >= 0.6 is 11.6 Å². The van der Waals surface area contributed by atoms with Crippen molar-refractivity contribution < 1.29 is 23.1 Å². The van der Waals surface area contributed by atoms with E-state index in [1.807, 2.05) is 0 Å². The highest BCUT2D eigenvalue weighted by molar-refractivity contribution is 6.31. The van der Waals surface area contributed by atoms with Gasteiger partial charge in [-0.15, -0.1) is 0 Å². The normalized spacial score (nSPS) is 16.9. The quantitative estimate of drug-likeness (QED) is 0.278. The molecule has 0 spiro atoms. The van der Waals surface area contributed by atoms with Gasteiger partial charge in [-0.25, -0.2) is 4.39 Å². The predicted molar refractivity (Wildman–Crippen MR) is 153 cm³/mol. The second kappa shape index (κ2) is 12.9. The Hall–Kier alpha value is -3.33. The first-order valence-electron chi connectivity index (χ1n) is 14.2. The molecule has 1 fully saturated rings. The zero-order valence-electron chi connectivity index (χ0n) is 22.8. The molecule has 214 valence electrons. The van der Waals surface area contributed by atoms with E-state index in [0.717, 1.165) is 36.9 Å². The molecule has 2 aromatic carbocycles. The molecule has 1 aliphatic carbocycles. The molecule has 1 saturated carbocycles. The number of benzene rings is 2. The van der Waals surface area contributed by atoms with Gasteiger partial charge < -0.3 is 24.7 Å². The van der Waals surface area contributed by atoms with Crippen LogP contribution in [0.15, 0.2) is 40.8 Å². The minimum Gasteiger partial charge on any atom is -0.466 e. The van der Waals surface area contributed by atoms with Crippen molar-refractivity contribution in [2.45, 2.75) is 70.4 Å². The number of halogens is 2. The van der Waals surface area contributed by atoms with Crippen molar-refractivity contribution in [3.05, 3.63) is 52.8 Å². The number of amides is 1. The number of nitrogens with one attached hydrogen (secondary N) is 2. The van der Waals surface area contributed by atoms with E-state index in [2.05, 4.69) is 20.5 Å². The number of ether oxygens (including phenoxy) is 1. The fourth-order valence-corrected chi connectivity index (χ4v) is 6.04. The highest BCUT2D eigenvalue weighted by Gasteiger charge is 2.30. The van der Waals surface area contributed by atoms with Crippen LogP contribution in [0.2, 0.25) is 5.02 Å². The van der Waals surface area contributed by atoms with Gasteiger partial charge in [0.1, 0.15) is 17.4 Å². The lowest BCUT2D eigenvalue weighted by molar-refractivity contribution is -0.143. The lowest BCUT2D eigenvalue weighted by Crippen LogP contribution is -2.50. The third kappa shape index (κ3) is 7.05. The molecule has 3 aromatic rings. The summed E-state index contributed by atoms with van der Waals surface area (Å²) in [5, 5.41) is 6.89. The summed E-state index contributed by atoms with van der Waals surface area (Å²) in [5.41, 5.74) is 3.03. The molecule has 1 amide bonds. The van der Waals surface area contributed by atoms with Crippen molar-refractivity contribution in [1.29, 1.82) is 0 Å². The van der Waals surface area contributed by atoms with Crippen LogP contribution in [0, 0.1) is 11.7 Å². The SMILES string of the molecule is CCOC(=O)CC(CN1CCc2cc(F)ccc21)NC(=O)[C@H](CC1CCCCC1)Nc1nc2ccc(Cl)cc2o1. The van der Waals surface area contributed by atoms with Crippen LogP contribution in [-0.2, 0) is 20.7 Å². The fraction of sp³-hybridized carbons (Fsp3) is 0.500. The monoisotopic (exact) mass is 570 g/mol. The van der Waals surface area contributed by atoms with Crippen molar-refractivity contribution in [1.82, 2.24) is 10.3 Å². The van der Waals surface area contributed by atoms with Crippen LogP contribution in [0.4, 0.5) is 16.1 Å². The smallest absolute Gasteiger partial charge is 0.307 e. The summed E-state index contributed by atoms with van der Waals surface area (Å²) in [6, 6.07) is 9.11. The van der Waals surface area contributed by atoms with E-state index >= 15 is 0 Å². The molecule has 40 heavy (non-hydrogen) atoms. The Morgan fingerprint density at radius 3 is 2.83 bits per heavy atom. The molecule has 2 aliphatic rings. The summed E-state index contributed by atoms with van der Waals surface area (Å²) >= 11 is 6.11. The van der Waals surface area contributed by atoms with Crippen LogP contribution in [0.25, 0.3) is 11.1 Å². The second-order valence-electron chi connectivity index (χ2n) is 10.8. The topological polar surface area (TPSA) is 96.7 Å². The molecule has 8 nitrogen and oxygen atoms in total. The molecule has 10 heteroatoms. The van der Waals surface area contributed by atoms with Gasteiger partial charge in [-0.2, -0.15) is 4.98 Å². The van der Waals surface area contributed by atoms with Crippen molar-refractivity contribution in [3.8, 4) is 0 Å². The lowest BCUT2D eigenvalue weighted by Gasteiger charge is -2.30. The molecule has 1 aromatic heterocycles. The summed E-state index contributed by atoms with van der Waals surface area (Å²) in [5.74, 6) is -0.465. The van der Waals surface area contributed by atoms with E-state index in [4.69, 9.17) is 20.8 Å². The van der Waals surface area contributed by atoms with Gasteiger partial charge in [0.05, 0.1) is 19.1 Å². The molecular formula is C30H36ClFN4O4. The van der Waals surface area contributed by atoms with Gasteiger partial charge >= 0.3 is 5.97 Å². The first kappa shape index (κ1) is 28.2. The summed E-state index contributed by atoms with van der Waals surface area (Å²) in [6.45, 7) is 3.11. The number of hydrogen-bond donors (Lipinski definition) is 2. The molecular weight excluding hydrogens is 535 g/mol. The van der Waals surface area contributed by atoms with Gasteiger partial charge in [0.15, 0.2) is 5.58 Å². The summed E-state index contributed by atoms with van der Waals surface area (Å²) < 4.78 is 24.9. The molecule has 1 aliphatic heterocycles. The van der Waals surface area contributed by atoms with Gasteiger partial charge in [-0.05, 0) is 61.6 Å². The predicted octanol–water partition coefficient (Wildman–Crippen LogP) is 5.87. The molecule has 0 radical (unpaired) electrons. The average Bonchev–Trinajstić information content (AvgIpc) is 3.51. The van der Waals surface area contributed by atoms with E-state index in [1.54, 1.807) is 37.3 Å². The zero-order valence-corrected chi connectivity index (χ0v) is 23.5. The Kier molecular flexibility index (Phi) is 9.09. The average molecular weight is 571 g/mol. The number of carbonyl (C=O) groups excluding carboxylic acids is 2. The highest BCUT2D eigenvalue weighted by atomic mass is 35.5. The van der Waals surface area contributed by atoms with E-state index in [9.17, 15) is 14.0 Å². The van der Waals surface area contributed by atoms with Gasteiger partial charge in [0, 0.05) is 29.9 Å². The Bertz CT molecular complexity index is 1340. The van der Waals surface area contributed by atoms with Crippen molar-refractivity contribution >= 4 is 46.3 Å². The van der Waals surface area contributed by atoms with Crippen molar-refractivity contribution in [2.24, 2.45) is 5.92 Å². The number of rotatable bonds is 11. The molecule has 2 atom stereocenters. The molecule has 2 heterocycles. The van der Waals surface area contributed by atoms with E-state index in [-0.39, 0.29) is 36.7 Å². The number of nitrogens with zero attached hydrogens (tertiary/aromatic N) is 2. The zero-order chi connectivity index (χ0) is 28.1. The minimum atomic E-state index is -0.601. The van der Waals surface area contributed by atoms with Gasteiger partial charge in [-0.3, -0.25) is 9.59 Å². The first-order chi connectivity index (χ1) is 19.4. The third-order valence-electron chi connectivity index (χ3n) is 7.80. The third-order valence-corrected chi connectivity index (χ3v) is 8.03. The van der Waals surface area contributed by atoms with E-state index in [0.29, 0.717) is 48.0 Å². The molecule has 0 bridgehead atoms. The van der Waals surface area contributed by atoms with Gasteiger partial charge in [0.2, 0.25) is 5.91 Å². The largest absolute Gasteiger partial charge is 0.466 e. The fourth-order valence-electron chi connectivity index (χ4n) is 5.88. The first-order valence-corrected chi connectivity index (χ1v) is 14.6. The number of esters is 1. The Morgan fingerprint density at radius 2 is 2.02 bits per heavy atom. The number of carbonyl (C=O) groups is 2. The summed E-state index contributed by atoms with van der Waals surface area (Å²) in [7, 11) is 0. The molecule has 0 saturated heterocycles. The van der Waals surface area contributed by atoms with Gasteiger partial charge in [-0.1, -0.05) is 43.7 Å². The summed E-state index contributed by atoms with van der Waals surface area (Å²) in [4.78, 5) is 32.9. The van der Waals surface area contributed by atoms with E-state index < -0.39 is 12.1 Å². The second-order valence-corrected chi connectivity index (χ2v) is 11.2. The number of fused-ring (bicyclic) bond motifs is 2. The van der Waals surface area contributed by atoms with Crippen molar-refractivity contribution in [3.63, 3.8) is 0 Å². The van der Waals surface area contributed by atoms with Gasteiger partial charge in [0.25, 0.3) is 6.01 Å². The summed E-state index contributed by atoms with van der Waals surface area (Å²) in [6.07, 6.45) is 7.04. The molecule has 5 rings (SSSR count). The van der Waals surface area contributed by atoms with Crippen LogP contribution in [0.1, 0.15) is 57.4 Å². The van der Waals surface area contributed by atoms with Crippen LogP contribution in [-0.4, -0.2) is 48.6 Å². The Labute approximate surface area is 238 Å². The Morgan fingerprint density at radius 1 is 1.20 bits per heavy atom.